The number of rotatable bonds is 6. The molecule has 11 rings (SSSR count). The molecule has 0 saturated carbocycles. The van der Waals surface area contributed by atoms with Crippen molar-refractivity contribution in [3.8, 4) is 62.1 Å². The van der Waals surface area contributed by atoms with Crippen molar-refractivity contribution in [1.29, 1.82) is 0 Å². The molecule has 266 valence electrons. The average molecular weight is 727 g/mol. The van der Waals surface area contributed by atoms with Crippen LogP contribution in [0.5, 0.6) is 0 Å². The smallest absolute Gasteiger partial charge is 0.164 e. The molecule has 4 heteroatoms. The normalized spacial score (nSPS) is 11.5. The number of benzene rings is 9. The lowest BCUT2D eigenvalue weighted by molar-refractivity contribution is 1.07. The second-order valence-corrected chi connectivity index (χ2v) is 14.4. The number of fused-ring (bicyclic) bond motifs is 6. The van der Waals surface area contributed by atoms with Crippen LogP contribution in [0, 0.1) is 0 Å². The molecule has 4 nitrogen and oxygen atoms in total. The summed E-state index contributed by atoms with van der Waals surface area (Å²) < 4.78 is 2.45. The first kappa shape index (κ1) is 32.7. The molecule has 0 fully saturated rings. The fourth-order valence-corrected chi connectivity index (χ4v) is 8.26. The van der Waals surface area contributed by atoms with E-state index in [2.05, 4.69) is 174 Å². The van der Waals surface area contributed by atoms with E-state index in [0.717, 1.165) is 50.1 Å². The quantitative estimate of drug-likeness (QED) is 0.171. The highest BCUT2D eigenvalue weighted by atomic mass is 15.0. The maximum Gasteiger partial charge on any atom is 0.164 e. The highest BCUT2D eigenvalue weighted by Crippen LogP contribution is 2.41. The van der Waals surface area contributed by atoms with Gasteiger partial charge in [0, 0.05) is 38.5 Å². The third-order valence-electron chi connectivity index (χ3n) is 11.0. The van der Waals surface area contributed by atoms with Crippen molar-refractivity contribution in [2.24, 2.45) is 0 Å². The van der Waals surface area contributed by atoms with E-state index in [1.54, 1.807) is 0 Å². The van der Waals surface area contributed by atoms with Gasteiger partial charge in [0.25, 0.3) is 0 Å². The van der Waals surface area contributed by atoms with Gasteiger partial charge in [-0.05, 0) is 74.8 Å². The van der Waals surface area contributed by atoms with Crippen molar-refractivity contribution in [2.45, 2.75) is 0 Å². The third-order valence-corrected chi connectivity index (χ3v) is 11.0. The highest BCUT2D eigenvalue weighted by molar-refractivity contribution is 6.20. The van der Waals surface area contributed by atoms with Crippen LogP contribution in [-0.4, -0.2) is 19.5 Å². The van der Waals surface area contributed by atoms with Crippen LogP contribution in [0.4, 0.5) is 0 Å². The summed E-state index contributed by atoms with van der Waals surface area (Å²) in [6.07, 6.45) is 0. The van der Waals surface area contributed by atoms with E-state index in [0.29, 0.717) is 17.5 Å². The van der Waals surface area contributed by atoms with Gasteiger partial charge in [-0.2, -0.15) is 0 Å². The molecule has 0 aliphatic heterocycles. The maximum atomic E-state index is 5.20. The molecule has 0 saturated heterocycles. The molecule has 2 aromatic heterocycles. The van der Waals surface area contributed by atoms with Crippen molar-refractivity contribution in [2.75, 3.05) is 0 Å². The Bertz CT molecular complexity index is 3220. The van der Waals surface area contributed by atoms with Crippen LogP contribution in [0.1, 0.15) is 0 Å². The minimum Gasteiger partial charge on any atom is -0.309 e. The largest absolute Gasteiger partial charge is 0.309 e. The Kier molecular flexibility index (Phi) is 7.78. The first-order valence-electron chi connectivity index (χ1n) is 19.3. The van der Waals surface area contributed by atoms with Crippen LogP contribution in [-0.2, 0) is 0 Å². The first-order chi connectivity index (χ1) is 28.2. The number of aromatic nitrogens is 4. The van der Waals surface area contributed by atoms with Gasteiger partial charge in [0.1, 0.15) is 0 Å². The number of hydrogen-bond donors (Lipinski definition) is 0. The van der Waals surface area contributed by atoms with Crippen LogP contribution in [0.25, 0.3) is 105 Å². The standard InChI is InChI=1S/C53H34N4/c1-4-15-35(16-5-1)39-24-14-25-42(31-39)47-34-43(28-30-46(47)53-55-51(37-18-6-2-7-19-37)54-52(56-53)38-20-8-3-9-21-38)57-49-33-41-23-11-10-22-40(41)32-48(49)45-29-27-36-17-12-13-26-44(36)50(45)57/h1-34H. The zero-order valence-corrected chi connectivity index (χ0v) is 30.9. The van der Waals surface area contributed by atoms with Crippen LogP contribution in [0.2, 0.25) is 0 Å². The Labute approximate surface area is 330 Å². The summed E-state index contributed by atoms with van der Waals surface area (Å²) in [7, 11) is 0. The summed E-state index contributed by atoms with van der Waals surface area (Å²) >= 11 is 0. The molecule has 0 bridgehead atoms. The average Bonchev–Trinajstić information content (AvgIpc) is 3.62. The molecule has 2 heterocycles. The molecule has 57 heavy (non-hydrogen) atoms. The van der Waals surface area contributed by atoms with Crippen molar-refractivity contribution in [1.82, 2.24) is 19.5 Å². The van der Waals surface area contributed by atoms with Gasteiger partial charge in [-0.3, -0.25) is 0 Å². The second-order valence-electron chi connectivity index (χ2n) is 14.4. The van der Waals surface area contributed by atoms with Crippen molar-refractivity contribution >= 4 is 43.4 Å². The van der Waals surface area contributed by atoms with E-state index in [1.807, 2.05) is 36.4 Å². The van der Waals surface area contributed by atoms with Crippen molar-refractivity contribution in [3.05, 3.63) is 206 Å². The Hall–Kier alpha value is -7.69. The molecule has 0 spiro atoms. The van der Waals surface area contributed by atoms with Gasteiger partial charge in [0.2, 0.25) is 0 Å². The monoisotopic (exact) mass is 726 g/mol. The lowest BCUT2D eigenvalue weighted by Crippen LogP contribution is -2.02. The fourth-order valence-electron chi connectivity index (χ4n) is 8.26. The number of hydrogen-bond acceptors (Lipinski definition) is 3. The van der Waals surface area contributed by atoms with Crippen molar-refractivity contribution < 1.29 is 0 Å². The predicted molar refractivity (Wildman–Crippen MR) is 236 cm³/mol. The van der Waals surface area contributed by atoms with Crippen molar-refractivity contribution in [3.63, 3.8) is 0 Å². The molecule has 0 atom stereocenters. The van der Waals surface area contributed by atoms with Crippen LogP contribution in [0.15, 0.2) is 206 Å². The lowest BCUT2D eigenvalue weighted by atomic mass is 9.94. The Balaban J connectivity index is 1.22. The van der Waals surface area contributed by atoms with E-state index in [4.69, 9.17) is 15.0 Å². The molecule has 0 radical (unpaired) electrons. The van der Waals surface area contributed by atoms with E-state index in [1.165, 1.54) is 37.8 Å². The van der Waals surface area contributed by atoms with Gasteiger partial charge in [0.05, 0.1) is 11.0 Å². The Morgan fingerprint density at radius 1 is 0.298 bits per heavy atom. The molecule has 0 unspecified atom stereocenters. The van der Waals surface area contributed by atoms with E-state index >= 15 is 0 Å². The zero-order chi connectivity index (χ0) is 37.7. The second kappa shape index (κ2) is 13.6. The zero-order valence-electron chi connectivity index (χ0n) is 30.9. The van der Waals surface area contributed by atoms with Crippen LogP contribution < -0.4 is 0 Å². The Morgan fingerprint density at radius 3 is 1.56 bits per heavy atom. The summed E-state index contributed by atoms with van der Waals surface area (Å²) in [4.78, 5) is 15.4. The minimum atomic E-state index is 0.619. The fraction of sp³-hybridized carbons (Fsp3) is 0. The van der Waals surface area contributed by atoms with E-state index in [9.17, 15) is 0 Å². The van der Waals surface area contributed by atoms with Gasteiger partial charge in [-0.1, -0.05) is 170 Å². The van der Waals surface area contributed by atoms with Crippen LogP contribution >= 0.6 is 0 Å². The van der Waals surface area contributed by atoms with Gasteiger partial charge >= 0.3 is 0 Å². The number of nitrogens with zero attached hydrogens (tertiary/aromatic N) is 4. The van der Waals surface area contributed by atoms with Gasteiger partial charge in [-0.15, -0.1) is 0 Å². The summed E-state index contributed by atoms with van der Waals surface area (Å²) in [6, 6.07) is 73.0. The van der Waals surface area contributed by atoms with Crippen LogP contribution in [0.3, 0.4) is 0 Å². The maximum absolute atomic E-state index is 5.20. The molecule has 11 aromatic rings. The Morgan fingerprint density at radius 2 is 0.860 bits per heavy atom. The SMILES string of the molecule is c1ccc(-c2cccc(-c3cc(-n4c5cc6ccccc6cc5c5ccc6ccccc6c54)ccc3-c3nc(-c4ccccc4)nc(-c4ccccc4)n3)c2)cc1. The summed E-state index contributed by atoms with van der Waals surface area (Å²) in [5.41, 5.74) is 10.6. The molecule has 0 N–H and O–H groups in total. The molecular weight excluding hydrogens is 693 g/mol. The van der Waals surface area contributed by atoms with E-state index in [-0.39, 0.29) is 0 Å². The summed E-state index contributed by atoms with van der Waals surface area (Å²) in [5.74, 6) is 1.88. The van der Waals surface area contributed by atoms with Gasteiger partial charge in [0.15, 0.2) is 17.5 Å². The predicted octanol–water partition coefficient (Wildman–Crippen LogP) is 13.6. The van der Waals surface area contributed by atoms with Gasteiger partial charge in [-0.25, -0.2) is 15.0 Å². The molecule has 0 aliphatic rings. The molecular formula is C53H34N4. The topological polar surface area (TPSA) is 43.6 Å². The summed E-state index contributed by atoms with van der Waals surface area (Å²) in [6.45, 7) is 0. The molecule has 0 aliphatic carbocycles. The lowest BCUT2D eigenvalue weighted by Gasteiger charge is -2.16. The van der Waals surface area contributed by atoms with Gasteiger partial charge < -0.3 is 4.57 Å². The third kappa shape index (κ3) is 5.74. The molecule has 0 amide bonds. The first-order valence-corrected chi connectivity index (χ1v) is 19.3. The summed E-state index contributed by atoms with van der Waals surface area (Å²) in [5, 5.41) is 7.30. The minimum absolute atomic E-state index is 0.619. The van der Waals surface area contributed by atoms with E-state index < -0.39 is 0 Å². The molecule has 9 aromatic carbocycles. The highest BCUT2D eigenvalue weighted by Gasteiger charge is 2.20.